The molecule has 0 unspecified atom stereocenters. The van der Waals surface area contributed by atoms with Crippen molar-refractivity contribution in [3.05, 3.63) is 75.5 Å². The van der Waals surface area contributed by atoms with Crippen LogP contribution in [0.2, 0.25) is 10.0 Å². The number of benzene rings is 2. The number of nitrogens with one attached hydrogen (secondary N) is 1. The number of carbonyl (C=O) groups is 1. The molecule has 38 heavy (non-hydrogen) atoms. The number of anilines is 1. The van der Waals surface area contributed by atoms with Crippen LogP contribution in [0.4, 0.5) is 5.82 Å². The number of esters is 1. The molecule has 3 aromatic rings. The molecular weight excluding hydrogens is 519 g/mol. The van der Waals surface area contributed by atoms with Gasteiger partial charge in [-0.1, -0.05) is 61.3 Å². The average molecular weight is 556 g/mol. The van der Waals surface area contributed by atoms with Crippen molar-refractivity contribution in [3.8, 4) is 11.3 Å². The van der Waals surface area contributed by atoms with Crippen LogP contribution >= 0.6 is 23.2 Å². The Kier molecular flexibility index (Phi) is 10.0. The third kappa shape index (κ3) is 7.68. The van der Waals surface area contributed by atoms with E-state index in [0.29, 0.717) is 46.9 Å². The molecule has 0 spiro atoms. The molecule has 2 aromatic carbocycles. The summed E-state index contributed by atoms with van der Waals surface area (Å²) < 4.78 is 5.80. The smallest absolute Gasteiger partial charge is 0.323 e. The molecule has 0 saturated heterocycles. The van der Waals surface area contributed by atoms with Crippen molar-refractivity contribution in [1.82, 2.24) is 15.3 Å². The molecule has 1 heterocycles. The van der Waals surface area contributed by atoms with Gasteiger partial charge in [0.25, 0.3) is 0 Å². The minimum atomic E-state index is -0.334. The number of halogens is 2. The highest BCUT2D eigenvalue weighted by molar-refractivity contribution is 6.36. The molecule has 202 valence electrons. The molecule has 6 nitrogen and oxygen atoms in total. The van der Waals surface area contributed by atoms with E-state index in [2.05, 4.69) is 30.2 Å². The molecule has 0 aliphatic heterocycles. The Morgan fingerprint density at radius 2 is 1.82 bits per heavy atom. The Morgan fingerprint density at radius 1 is 1.11 bits per heavy atom. The van der Waals surface area contributed by atoms with Gasteiger partial charge in [-0.15, -0.1) is 0 Å². The summed E-state index contributed by atoms with van der Waals surface area (Å²) in [5, 5.41) is 4.69. The van der Waals surface area contributed by atoms with Gasteiger partial charge in [0.05, 0.1) is 17.6 Å². The molecule has 4 rings (SSSR count). The van der Waals surface area contributed by atoms with Crippen LogP contribution in [0.25, 0.3) is 11.3 Å². The minimum absolute atomic E-state index is 0.0644. The second-order valence-corrected chi connectivity index (χ2v) is 11.2. The summed E-state index contributed by atoms with van der Waals surface area (Å²) in [6.07, 6.45) is 7.87. The SMILES string of the molecule is CC(C)C[C@H](NCc1cccc(-c2cnc(N)c(CCc3c(Cl)cccc3Cl)n2)c1)C(=O)OC1CCCC1. The van der Waals surface area contributed by atoms with Crippen molar-refractivity contribution < 1.29 is 9.53 Å². The second kappa shape index (κ2) is 13.4. The van der Waals surface area contributed by atoms with Gasteiger partial charge >= 0.3 is 5.97 Å². The van der Waals surface area contributed by atoms with E-state index in [4.69, 9.17) is 38.7 Å². The van der Waals surface area contributed by atoms with Crippen LogP contribution in [-0.2, 0) is 28.9 Å². The van der Waals surface area contributed by atoms with Crippen LogP contribution in [0.5, 0.6) is 0 Å². The zero-order valence-corrected chi connectivity index (χ0v) is 23.6. The normalized spacial score (nSPS) is 14.7. The first-order chi connectivity index (χ1) is 18.3. The first-order valence-corrected chi connectivity index (χ1v) is 14.1. The summed E-state index contributed by atoms with van der Waals surface area (Å²) >= 11 is 12.7. The fraction of sp³-hybridized carbons (Fsp3) is 0.433. The third-order valence-corrected chi connectivity index (χ3v) is 7.61. The summed E-state index contributed by atoms with van der Waals surface area (Å²) in [6, 6.07) is 13.2. The zero-order valence-electron chi connectivity index (χ0n) is 22.1. The van der Waals surface area contributed by atoms with Gasteiger partial charge in [0.1, 0.15) is 18.0 Å². The van der Waals surface area contributed by atoms with Crippen molar-refractivity contribution in [2.24, 2.45) is 5.92 Å². The lowest BCUT2D eigenvalue weighted by Gasteiger charge is -2.22. The standard InChI is InChI=1S/C30H36Cl2N4O2/c1-19(2)15-27(30(37)38-22-9-3-4-10-22)34-17-20-7-5-8-21(16-20)28-18-35-29(33)26(36-28)14-13-23-24(31)11-6-12-25(23)32/h5-8,11-12,16,18-19,22,27,34H,3-4,9-10,13-15,17H2,1-2H3,(H2,33,35)/t27-/m0/s1. The summed E-state index contributed by atoms with van der Waals surface area (Å²) in [5.74, 6) is 0.626. The first kappa shape index (κ1) is 28.3. The minimum Gasteiger partial charge on any atom is -0.461 e. The molecule has 1 aliphatic rings. The quantitative estimate of drug-likeness (QED) is 0.253. The number of nitrogens with zero attached hydrogens (tertiary/aromatic N) is 2. The molecule has 0 bridgehead atoms. The van der Waals surface area contributed by atoms with E-state index in [-0.39, 0.29) is 18.1 Å². The lowest BCUT2D eigenvalue weighted by Crippen LogP contribution is -2.40. The van der Waals surface area contributed by atoms with E-state index >= 15 is 0 Å². The number of hydrogen-bond donors (Lipinski definition) is 2. The van der Waals surface area contributed by atoms with Crippen LogP contribution in [0.1, 0.15) is 62.8 Å². The molecular formula is C30H36Cl2N4O2. The van der Waals surface area contributed by atoms with Crippen molar-refractivity contribution in [3.63, 3.8) is 0 Å². The Balaban J connectivity index is 1.44. The Hall–Kier alpha value is -2.67. The molecule has 1 aliphatic carbocycles. The monoisotopic (exact) mass is 554 g/mol. The molecule has 8 heteroatoms. The van der Waals surface area contributed by atoms with Crippen molar-refractivity contribution in [2.75, 3.05) is 5.73 Å². The van der Waals surface area contributed by atoms with Crippen molar-refractivity contribution in [1.29, 1.82) is 0 Å². The number of nitrogens with two attached hydrogens (primary N) is 1. The van der Waals surface area contributed by atoms with Crippen molar-refractivity contribution in [2.45, 2.75) is 77.5 Å². The number of hydrogen-bond acceptors (Lipinski definition) is 6. The van der Waals surface area contributed by atoms with E-state index < -0.39 is 0 Å². The summed E-state index contributed by atoms with van der Waals surface area (Å²) in [4.78, 5) is 22.1. The fourth-order valence-electron chi connectivity index (χ4n) is 4.84. The van der Waals surface area contributed by atoms with E-state index in [1.807, 2.05) is 36.4 Å². The molecule has 1 fully saturated rings. The van der Waals surface area contributed by atoms with E-state index in [9.17, 15) is 4.79 Å². The van der Waals surface area contributed by atoms with E-state index in [0.717, 1.165) is 54.5 Å². The van der Waals surface area contributed by atoms with Gasteiger partial charge in [0.15, 0.2) is 0 Å². The Labute approximate surface area is 235 Å². The first-order valence-electron chi connectivity index (χ1n) is 13.4. The number of rotatable bonds is 11. The molecule has 0 radical (unpaired) electrons. The van der Waals surface area contributed by atoms with E-state index in [1.54, 1.807) is 6.20 Å². The van der Waals surface area contributed by atoms with Gasteiger partial charge in [0.2, 0.25) is 0 Å². The van der Waals surface area contributed by atoms with Gasteiger partial charge in [-0.05, 0) is 80.2 Å². The highest BCUT2D eigenvalue weighted by Gasteiger charge is 2.26. The number of aryl methyl sites for hydroxylation is 1. The maximum atomic E-state index is 12.9. The second-order valence-electron chi connectivity index (χ2n) is 10.4. The third-order valence-electron chi connectivity index (χ3n) is 6.90. The summed E-state index contributed by atoms with van der Waals surface area (Å²) in [7, 11) is 0. The lowest BCUT2D eigenvalue weighted by molar-refractivity contribution is -0.151. The average Bonchev–Trinajstić information content (AvgIpc) is 3.40. The maximum absolute atomic E-state index is 12.9. The number of ether oxygens (including phenoxy) is 1. The molecule has 1 atom stereocenters. The highest BCUT2D eigenvalue weighted by atomic mass is 35.5. The molecule has 3 N–H and O–H groups in total. The Bertz CT molecular complexity index is 1220. The van der Waals surface area contributed by atoms with Crippen LogP contribution in [0, 0.1) is 5.92 Å². The topological polar surface area (TPSA) is 90.1 Å². The van der Waals surface area contributed by atoms with Crippen LogP contribution in [-0.4, -0.2) is 28.1 Å². The van der Waals surface area contributed by atoms with Crippen molar-refractivity contribution >= 4 is 35.0 Å². The predicted octanol–water partition coefficient (Wildman–Crippen LogP) is 6.81. The summed E-state index contributed by atoms with van der Waals surface area (Å²) in [5.41, 5.74) is 10.4. The van der Waals surface area contributed by atoms with Gasteiger partial charge in [0, 0.05) is 22.2 Å². The predicted molar refractivity (Wildman–Crippen MR) is 154 cm³/mol. The molecule has 0 amide bonds. The maximum Gasteiger partial charge on any atom is 0.323 e. The van der Waals surface area contributed by atoms with E-state index in [1.165, 1.54) is 0 Å². The molecule has 1 saturated carbocycles. The zero-order chi connectivity index (χ0) is 27.1. The number of carbonyl (C=O) groups excluding carboxylic acids is 1. The number of nitrogen functional groups attached to an aromatic ring is 1. The van der Waals surface area contributed by atoms with Crippen LogP contribution in [0.3, 0.4) is 0 Å². The van der Waals surface area contributed by atoms with Gasteiger partial charge in [-0.3, -0.25) is 4.79 Å². The summed E-state index contributed by atoms with van der Waals surface area (Å²) in [6.45, 7) is 4.79. The number of aromatic nitrogens is 2. The molecule has 1 aromatic heterocycles. The fourth-order valence-corrected chi connectivity index (χ4v) is 5.43. The van der Waals surface area contributed by atoms with Crippen LogP contribution < -0.4 is 11.1 Å². The van der Waals surface area contributed by atoms with Gasteiger partial charge in [-0.25, -0.2) is 9.97 Å². The Morgan fingerprint density at radius 3 is 2.53 bits per heavy atom. The largest absolute Gasteiger partial charge is 0.461 e. The highest BCUT2D eigenvalue weighted by Crippen LogP contribution is 2.27. The van der Waals surface area contributed by atoms with Crippen LogP contribution in [0.15, 0.2) is 48.7 Å². The van der Waals surface area contributed by atoms with Gasteiger partial charge < -0.3 is 15.8 Å². The van der Waals surface area contributed by atoms with Gasteiger partial charge in [-0.2, -0.15) is 0 Å². The lowest BCUT2D eigenvalue weighted by atomic mass is 10.0.